The zero-order chi connectivity index (χ0) is 11.3. The van der Waals surface area contributed by atoms with Gasteiger partial charge in [-0.1, -0.05) is 19.1 Å². The van der Waals surface area contributed by atoms with Crippen molar-refractivity contribution in [2.24, 2.45) is 0 Å². The lowest BCUT2D eigenvalue weighted by molar-refractivity contribution is 0.0211. The minimum atomic E-state index is 0.214. The van der Waals surface area contributed by atoms with Gasteiger partial charge in [0.05, 0.1) is 18.0 Å². The van der Waals surface area contributed by atoms with Gasteiger partial charge in [0, 0.05) is 12.6 Å². The van der Waals surface area contributed by atoms with Crippen molar-refractivity contribution in [2.45, 2.75) is 53.1 Å². The molecule has 1 aromatic heterocycles. The van der Waals surface area contributed by atoms with Crippen LogP contribution in [0, 0.1) is 0 Å². The summed E-state index contributed by atoms with van der Waals surface area (Å²) in [4.78, 5) is 0. The number of nitrogens with zero attached hydrogens (tertiary/aromatic N) is 3. The van der Waals surface area contributed by atoms with E-state index < -0.39 is 0 Å². The smallest absolute Gasteiger partial charge is 0.141 e. The molecule has 0 unspecified atom stereocenters. The monoisotopic (exact) mass is 212 g/mol. The van der Waals surface area contributed by atoms with Gasteiger partial charge in [-0.15, -0.1) is 5.10 Å². The lowest BCUT2D eigenvalue weighted by Crippen LogP contribution is -2.21. The first-order valence-electron chi connectivity index (χ1n) is 5.32. The fourth-order valence-corrected chi connectivity index (χ4v) is 1.02. The number of hydrogen-bond acceptors (Lipinski definition) is 4. The van der Waals surface area contributed by atoms with E-state index in [0.29, 0.717) is 12.8 Å². The summed E-state index contributed by atoms with van der Waals surface area (Å²) in [6.45, 7) is 9.42. The Morgan fingerprint density at radius 3 is 2.73 bits per heavy atom. The Morgan fingerprint density at radius 1 is 1.40 bits per heavy atom. The van der Waals surface area contributed by atoms with E-state index in [-0.39, 0.29) is 6.10 Å². The predicted molar refractivity (Wildman–Crippen MR) is 58.2 cm³/mol. The summed E-state index contributed by atoms with van der Waals surface area (Å²) in [5, 5.41) is 11.3. The molecule has 0 bridgehead atoms. The van der Waals surface area contributed by atoms with Crippen molar-refractivity contribution in [1.82, 2.24) is 20.3 Å². The molecule has 1 N–H and O–H groups in total. The van der Waals surface area contributed by atoms with Gasteiger partial charge in [0.1, 0.15) is 6.73 Å². The van der Waals surface area contributed by atoms with Gasteiger partial charge in [0.25, 0.3) is 0 Å². The molecule has 0 aliphatic heterocycles. The van der Waals surface area contributed by atoms with Gasteiger partial charge < -0.3 is 10.1 Å². The topological polar surface area (TPSA) is 52.0 Å². The van der Waals surface area contributed by atoms with Crippen LogP contribution in [0.25, 0.3) is 0 Å². The quantitative estimate of drug-likeness (QED) is 0.768. The van der Waals surface area contributed by atoms with Crippen LogP contribution in [0.1, 0.15) is 33.4 Å². The Morgan fingerprint density at radius 2 is 2.13 bits per heavy atom. The van der Waals surface area contributed by atoms with Crippen LogP contribution in [0.4, 0.5) is 0 Å². The van der Waals surface area contributed by atoms with E-state index in [0.717, 1.165) is 12.2 Å². The third-order valence-electron chi connectivity index (χ3n) is 1.82. The van der Waals surface area contributed by atoms with E-state index >= 15 is 0 Å². The molecule has 0 aliphatic rings. The first kappa shape index (κ1) is 12.1. The molecule has 15 heavy (non-hydrogen) atoms. The average molecular weight is 212 g/mol. The molecule has 0 fully saturated rings. The van der Waals surface area contributed by atoms with Crippen molar-refractivity contribution >= 4 is 0 Å². The summed E-state index contributed by atoms with van der Waals surface area (Å²) in [5.74, 6) is 0. The van der Waals surface area contributed by atoms with Gasteiger partial charge in [0.15, 0.2) is 0 Å². The molecule has 5 heteroatoms. The van der Waals surface area contributed by atoms with E-state index in [1.165, 1.54) is 0 Å². The normalized spacial score (nSPS) is 11.6. The van der Waals surface area contributed by atoms with Crippen molar-refractivity contribution in [3.05, 3.63) is 11.9 Å². The van der Waals surface area contributed by atoms with Crippen LogP contribution >= 0.6 is 0 Å². The highest BCUT2D eigenvalue weighted by Gasteiger charge is 2.02. The molecule has 0 aromatic carbocycles. The van der Waals surface area contributed by atoms with Crippen molar-refractivity contribution in [2.75, 3.05) is 0 Å². The Bertz CT molecular complexity index is 256. The van der Waals surface area contributed by atoms with E-state index in [2.05, 4.69) is 29.5 Å². The highest BCUT2D eigenvalue weighted by Crippen LogP contribution is 1.96. The Balaban J connectivity index is 2.35. The Labute approximate surface area is 90.8 Å². The minimum Gasteiger partial charge on any atom is -0.357 e. The lowest BCUT2D eigenvalue weighted by Gasteiger charge is -2.06. The third kappa shape index (κ3) is 4.90. The van der Waals surface area contributed by atoms with Gasteiger partial charge in [-0.2, -0.15) is 0 Å². The summed E-state index contributed by atoms with van der Waals surface area (Å²) in [7, 11) is 0. The van der Waals surface area contributed by atoms with E-state index in [1.807, 2.05) is 20.0 Å². The molecule has 0 amide bonds. The molecule has 1 aromatic rings. The largest absolute Gasteiger partial charge is 0.357 e. The Hall–Kier alpha value is -0.940. The van der Waals surface area contributed by atoms with E-state index in [1.54, 1.807) is 4.68 Å². The van der Waals surface area contributed by atoms with Crippen LogP contribution in [-0.2, 0) is 18.0 Å². The number of hydrogen-bond donors (Lipinski definition) is 1. The number of nitrogens with one attached hydrogen (secondary N) is 1. The third-order valence-corrected chi connectivity index (χ3v) is 1.82. The fourth-order valence-electron chi connectivity index (χ4n) is 1.02. The molecule has 0 radical (unpaired) electrons. The van der Waals surface area contributed by atoms with E-state index in [9.17, 15) is 0 Å². The van der Waals surface area contributed by atoms with Crippen molar-refractivity contribution < 1.29 is 4.74 Å². The Kier molecular flexibility index (Phi) is 4.71. The van der Waals surface area contributed by atoms with Crippen molar-refractivity contribution in [3.8, 4) is 0 Å². The molecule has 1 heterocycles. The highest BCUT2D eigenvalue weighted by atomic mass is 16.5. The number of aromatic nitrogens is 3. The summed E-state index contributed by atoms with van der Waals surface area (Å²) in [5.41, 5.74) is 0.941. The molecule has 0 saturated heterocycles. The van der Waals surface area contributed by atoms with Crippen molar-refractivity contribution in [1.29, 1.82) is 0 Å². The van der Waals surface area contributed by atoms with Crippen LogP contribution in [0.15, 0.2) is 6.20 Å². The van der Waals surface area contributed by atoms with Gasteiger partial charge in [-0.3, -0.25) is 0 Å². The van der Waals surface area contributed by atoms with Crippen LogP contribution in [0.2, 0.25) is 0 Å². The first-order chi connectivity index (χ1) is 7.08. The summed E-state index contributed by atoms with van der Waals surface area (Å²) >= 11 is 0. The molecular weight excluding hydrogens is 192 g/mol. The molecule has 0 aliphatic carbocycles. The zero-order valence-corrected chi connectivity index (χ0v) is 9.90. The molecule has 0 atom stereocenters. The predicted octanol–water partition coefficient (Wildman–Crippen LogP) is 1.16. The van der Waals surface area contributed by atoms with Gasteiger partial charge >= 0.3 is 0 Å². The highest BCUT2D eigenvalue weighted by molar-refractivity contribution is 4.91. The lowest BCUT2D eigenvalue weighted by atomic mass is 10.3. The van der Waals surface area contributed by atoms with Crippen LogP contribution in [0.5, 0.6) is 0 Å². The van der Waals surface area contributed by atoms with Crippen LogP contribution in [0.3, 0.4) is 0 Å². The maximum Gasteiger partial charge on any atom is 0.141 e. The van der Waals surface area contributed by atoms with Gasteiger partial charge in [-0.05, 0) is 13.8 Å². The molecule has 1 rings (SSSR count). The fraction of sp³-hybridized carbons (Fsp3) is 0.800. The first-order valence-corrected chi connectivity index (χ1v) is 5.32. The minimum absolute atomic E-state index is 0.214. The van der Waals surface area contributed by atoms with Gasteiger partial charge in [-0.25, -0.2) is 4.68 Å². The molecule has 0 saturated carbocycles. The second-order valence-electron chi connectivity index (χ2n) is 4.13. The van der Waals surface area contributed by atoms with E-state index in [4.69, 9.17) is 4.74 Å². The second kappa shape index (κ2) is 5.82. The zero-order valence-electron chi connectivity index (χ0n) is 9.90. The van der Waals surface area contributed by atoms with Crippen LogP contribution < -0.4 is 5.32 Å². The second-order valence-corrected chi connectivity index (χ2v) is 4.13. The summed E-state index contributed by atoms with van der Waals surface area (Å²) < 4.78 is 7.11. The SMILES string of the molecule is CC(C)NCc1cn(COC(C)C)nn1. The van der Waals surface area contributed by atoms with Gasteiger partial charge in [0.2, 0.25) is 0 Å². The molecule has 0 spiro atoms. The maximum atomic E-state index is 5.41. The average Bonchev–Trinajstić information content (AvgIpc) is 2.59. The maximum absolute atomic E-state index is 5.41. The summed E-state index contributed by atoms with van der Waals surface area (Å²) in [6.07, 6.45) is 2.11. The molecule has 86 valence electrons. The number of ether oxygens (including phenoxy) is 1. The van der Waals surface area contributed by atoms with Crippen LogP contribution in [-0.4, -0.2) is 27.1 Å². The molecule has 5 nitrogen and oxygen atoms in total. The molecular formula is C10H20N4O. The summed E-state index contributed by atoms with van der Waals surface area (Å²) in [6, 6.07) is 0.460. The van der Waals surface area contributed by atoms with Crippen molar-refractivity contribution in [3.63, 3.8) is 0 Å². The standard InChI is InChI=1S/C10H20N4O/c1-8(2)11-5-10-6-14(13-12-10)7-15-9(3)4/h6,8-9,11H,5,7H2,1-4H3. The number of rotatable bonds is 6.